The third-order valence-corrected chi connectivity index (χ3v) is 2.69. The minimum absolute atomic E-state index is 0.00926. The fraction of sp³-hybridized carbons (Fsp3) is 0.182. The maximum Gasteiger partial charge on any atom is 0.262 e. The summed E-state index contributed by atoms with van der Waals surface area (Å²) in [6, 6.07) is 0.903. The van der Waals surface area contributed by atoms with Crippen LogP contribution in [0, 0.1) is 19.7 Å². The van der Waals surface area contributed by atoms with Gasteiger partial charge in [-0.15, -0.1) is 0 Å². The molecule has 2 aromatic heterocycles. The van der Waals surface area contributed by atoms with Gasteiger partial charge in [0, 0.05) is 6.20 Å². The number of halogens is 2. The van der Waals surface area contributed by atoms with Crippen LogP contribution in [0.5, 0.6) is 5.88 Å². The lowest BCUT2D eigenvalue weighted by Crippen LogP contribution is -2.23. The van der Waals surface area contributed by atoms with Crippen molar-refractivity contribution in [2.75, 3.05) is 0 Å². The summed E-state index contributed by atoms with van der Waals surface area (Å²) in [5.41, 5.74) is -0.163. The molecule has 0 fully saturated rings. The van der Waals surface area contributed by atoms with Crippen LogP contribution in [0.2, 0.25) is 5.15 Å². The van der Waals surface area contributed by atoms with E-state index in [4.69, 9.17) is 11.6 Å². The highest BCUT2D eigenvalue weighted by molar-refractivity contribution is 6.29. The summed E-state index contributed by atoms with van der Waals surface area (Å²) in [4.78, 5) is 19.2. The third kappa shape index (κ3) is 1.95. The van der Waals surface area contributed by atoms with Crippen LogP contribution in [0.1, 0.15) is 11.4 Å². The van der Waals surface area contributed by atoms with Gasteiger partial charge in [0.2, 0.25) is 5.88 Å². The van der Waals surface area contributed by atoms with Crippen LogP contribution < -0.4 is 5.56 Å². The molecule has 0 aromatic carbocycles. The second-order valence-corrected chi connectivity index (χ2v) is 4.09. The van der Waals surface area contributed by atoms with E-state index in [0.717, 1.165) is 10.6 Å². The minimum Gasteiger partial charge on any atom is -0.493 e. The van der Waals surface area contributed by atoms with Gasteiger partial charge < -0.3 is 5.11 Å². The van der Waals surface area contributed by atoms with Gasteiger partial charge in [0.1, 0.15) is 5.82 Å². The highest BCUT2D eigenvalue weighted by atomic mass is 35.5. The number of hydrogen-bond donors (Lipinski definition) is 1. The SMILES string of the molecule is Cc1cnc(Cl)c(F)c1-n1c(C)nc(O)cc1=O. The second kappa shape index (κ2) is 4.38. The van der Waals surface area contributed by atoms with Gasteiger partial charge >= 0.3 is 0 Å². The summed E-state index contributed by atoms with van der Waals surface area (Å²) in [5, 5.41) is 8.88. The van der Waals surface area contributed by atoms with Crippen molar-refractivity contribution < 1.29 is 9.50 Å². The van der Waals surface area contributed by atoms with Gasteiger partial charge in [-0.3, -0.25) is 9.36 Å². The van der Waals surface area contributed by atoms with Crippen molar-refractivity contribution in [1.82, 2.24) is 14.5 Å². The van der Waals surface area contributed by atoms with E-state index >= 15 is 0 Å². The monoisotopic (exact) mass is 269 g/mol. The third-order valence-electron chi connectivity index (χ3n) is 2.43. The summed E-state index contributed by atoms with van der Waals surface area (Å²) in [5.74, 6) is -1.05. The molecule has 2 heterocycles. The average Bonchev–Trinajstić information content (AvgIpc) is 2.27. The molecule has 94 valence electrons. The molecule has 0 saturated heterocycles. The molecule has 0 spiro atoms. The van der Waals surface area contributed by atoms with Crippen LogP contribution in [0.3, 0.4) is 0 Å². The van der Waals surface area contributed by atoms with Gasteiger partial charge in [0.05, 0.1) is 11.8 Å². The fourth-order valence-corrected chi connectivity index (χ4v) is 1.81. The zero-order valence-corrected chi connectivity index (χ0v) is 10.4. The van der Waals surface area contributed by atoms with Crippen LogP contribution >= 0.6 is 11.6 Å². The van der Waals surface area contributed by atoms with Gasteiger partial charge in [-0.2, -0.15) is 0 Å². The highest BCUT2D eigenvalue weighted by Gasteiger charge is 2.17. The first kappa shape index (κ1) is 12.5. The maximum atomic E-state index is 14.0. The van der Waals surface area contributed by atoms with Gasteiger partial charge in [0.15, 0.2) is 11.0 Å². The number of aryl methyl sites for hydroxylation is 2. The van der Waals surface area contributed by atoms with Crippen molar-refractivity contribution in [3.63, 3.8) is 0 Å². The number of pyridine rings is 1. The lowest BCUT2D eigenvalue weighted by molar-refractivity contribution is 0.446. The molecule has 2 rings (SSSR count). The Morgan fingerprint density at radius 1 is 1.44 bits per heavy atom. The van der Waals surface area contributed by atoms with Crippen LogP contribution in [-0.2, 0) is 0 Å². The van der Waals surface area contributed by atoms with Crippen molar-refractivity contribution in [2.24, 2.45) is 0 Å². The Bertz CT molecular complexity index is 685. The minimum atomic E-state index is -0.797. The molecule has 0 unspecified atom stereocenters. The topological polar surface area (TPSA) is 68.0 Å². The Morgan fingerprint density at radius 3 is 2.72 bits per heavy atom. The van der Waals surface area contributed by atoms with E-state index in [0.29, 0.717) is 5.56 Å². The number of nitrogens with zero attached hydrogens (tertiary/aromatic N) is 3. The predicted molar refractivity (Wildman–Crippen MR) is 63.7 cm³/mol. The average molecular weight is 270 g/mol. The van der Waals surface area contributed by atoms with E-state index in [-0.39, 0.29) is 16.7 Å². The molecule has 0 bridgehead atoms. The van der Waals surface area contributed by atoms with Crippen molar-refractivity contribution >= 4 is 11.6 Å². The molecule has 0 radical (unpaired) electrons. The Morgan fingerprint density at radius 2 is 2.11 bits per heavy atom. The Labute approximate surface area is 107 Å². The smallest absolute Gasteiger partial charge is 0.262 e. The number of aromatic hydroxyl groups is 1. The standard InChI is InChI=1S/C11H9ClFN3O2/c1-5-4-14-11(12)9(13)10(5)16-6(2)15-7(17)3-8(16)18/h3-4,17H,1-2H3. The molecule has 0 atom stereocenters. The van der Waals surface area contributed by atoms with Gasteiger partial charge in [-0.05, 0) is 19.4 Å². The maximum absolute atomic E-state index is 14.0. The van der Waals surface area contributed by atoms with Gasteiger partial charge in [-0.1, -0.05) is 11.6 Å². The zero-order valence-electron chi connectivity index (χ0n) is 9.61. The molecule has 2 aromatic rings. The Hall–Kier alpha value is -1.95. The summed E-state index contributed by atoms with van der Waals surface area (Å²) < 4.78 is 15.0. The quantitative estimate of drug-likeness (QED) is 0.801. The Balaban J connectivity index is 2.86. The van der Waals surface area contributed by atoms with E-state index in [1.165, 1.54) is 13.1 Å². The summed E-state index contributed by atoms with van der Waals surface area (Å²) >= 11 is 5.60. The predicted octanol–water partition coefficient (Wildman–Crippen LogP) is 1.74. The van der Waals surface area contributed by atoms with E-state index in [9.17, 15) is 14.3 Å². The molecule has 0 saturated carbocycles. The first-order chi connectivity index (χ1) is 8.41. The van der Waals surface area contributed by atoms with Crippen LogP contribution in [0.4, 0.5) is 4.39 Å². The first-order valence-electron chi connectivity index (χ1n) is 5.02. The molecule has 0 aliphatic rings. The summed E-state index contributed by atoms with van der Waals surface area (Å²) in [6.07, 6.45) is 1.36. The van der Waals surface area contributed by atoms with Crippen LogP contribution in [0.15, 0.2) is 17.1 Å². The molecule has 0 amide bonds. The molecule has 7 heteroatoms. The lowest BCUT2D eigenvalue weighted by Gasteiger charge is -2.12. The number of aromatic nitrogens is 3. The Kier molecular flexibility index (Phi) is 3.04. The zero-order chi connectivity index (χ0) is 13.4. The normalized spacial score (nSPS) is 10.7. The van der Waals surface area contributed by atoms with Crippen molar-refractivity contribution in [3.05, 3.63) is 45.0 Å². The van der Waals surface area contributed by atoms with Crippen molar-refractivity contribution in [3.8, 4) is 11.6 Å². The summed E-state index contributed by atoms with van der Waals surface area (Å²) in [7, 11) is 0. The van der Waals surface area contributed by atoms with Crippen molar-refractivity contribution in [1.29, 1.82) is 0 Å². The van der Waals surface area contributed by atoms with Crippen molar-refractivity contribution in [2.45, 2.75) is 13.8 Å². The van der Waals surface area contributed by atoms with Crippen LogP contribution in [0.25, 0.3) is 5.69 Å². The summed E-state index contributed by atoms with van der Waals surface area (Å²) in [6.45, 7) is 3.08. The van der Waals surface area contributed by atoms with Gasteiger partial charge in [0.25, 0.3) is 5.56 Å². The second-order valence-electron chi connectivity index (χ2n) is 3.73. The molecular formula is C11H9ClFN3O2. The molecular weight excluding hydrogens is 261 g/mol. The molecule has 1 N–H and O–H groups in total. The molecule has 5 nitrogen and oxygen atoms in total. The van der Waals surface area contributed by atoms with E-state index < -0.39 is 17.3 Å². The fourth-order valence-electron chi connectivity index (χ4n) is 1.67. The first-order valence-corrected chi connectivity index (χ1v) is 5.40. The number of hydrogen-bond acceptors (Lipinski definition) is 4. The van der Waals surface area contributed by atoms with Crippen LogP contribution in [-0.4, -0.2) is 19.6 Å². The van der Waals surface area contributed by atoms with E-state index in [1.807, 2.05) is 0 Å². The largest absolute Gasteiger partial charge is 0.493 e. The lowest BCUT2D eigenvalue weighted by atomic mass is 10.2. The molecule has 18 heavy (non-hydrogen) atoms. The van der Waals surface area contributed by atoms with Gasteiger partial charge in [-0.25, -0.2) is 14.4 Å². The number of rotatable bonds is 1. The van der Waals surface area contributed by atoms with E-state index in [2.05, 4.69) is 9.97 Å². The van der Waals surface area contributed by atoms with E-state index in [1.54, 1.807) is 6.92 Å². The molecule has 0 aliphatic heterocycles. The molecule has 0 aliphatic carbocycles. The highest BCUT2D eigenvalue weighted by Crippen LogP contribution is 2.22.